The molecule has 0 aromatic rings. The van der Waals surface area contributed by atoms with Crippen LogP contribution >= 0.6 is 0 Å². The van der Waals surface area contributed by atoms with Gasteiger partial charge in [-0.05, 0) is 25.1 Å². The number of fused-ring (bicyclic) bond motifs is 1. The summed E-state index contributed by atoms with van der Waals surface area (Å²) in [5.74, 6) is 0.316. The minimum Gasteiger partial charge on any atom is -0.299 e. The van der Waals surface area contributed by atoms with E-state index in [1.165, 1.54) is 0 Å². The van der Waals surface area contributed by atoms with Crippen molar-refractivity contribution < 1.29 is 7.54 Å². The highest BCUT2D eigenvalue weighted by molar-refractivity contribution is 5.84. The summed E-state index contributed by atoms with van der Waals surface area (Å²) in [5.41, 5.74) is 0. The molecular formula is C7H10O. The van der Waals surface area contributed by atoms with Crippen LogP contribution < -0.4 is 0 Å². The van der Waals surface area contributed by atoms with Crippen LogP contribution in [0.15, 0.2) is 0 Å². The Morgan fingerprint density at radius 2 is 2.50 bits per heavy atom. The zero-order chi connectivity index (χ0) is 7.35. The second kappa shape index (κ2) is 1.34. The third-order valence-electron chi connectivity index (χ3n) is 2.18. The van der Waals surface area contributed by atoms with Crippen molar-refractivity contribution in [2.45, 2.75) is 25.6 Å². The van der Waals surface area contributed by atoms with Crippen LogP contribution in [0.5, 0.6) is 0 Å². The van der Waals surface area contributed by atoms with Crippen molar-refractivity contribution in [1.29, 1.82) is 0 Å². The SMILES string of the molecule is [2H]C1([2H])C[C@@H]2CCC(=O)[C@@H]21. The molecule has 0 radical (unpaired) electrons. The van der Waals surface area contributed by atoms with Crippen molar-refractivity contribution in [3.63, 3.8) is 0 Å². The van der Waals surface area contributed by atoms with Crippen LogP contribution in [0, 0.1) is 11.8 Å². The lowest BCUT2D eigenvalue weighted by molar-refractivity contribution is -0.123. The van der Waals surface area contributed by atoms with Gasteiger partial charge in [-0.15, -0.1) is 0 Å². The Morgan fingerprint density at radius 3 is 3.00 bits per heavy atom. The van der Waals surface area contributed by atoms with E-state index >= 15 is 0 Å². The molecule has 2 fully saturated rings. The Balaban J connectivity index is 2.20. The van der Waals surface area contributed by atoms with E-state index in [1.807, 2.05) is 0 Å². The molecule has 2 aliphatic rings. The van der Waals surface area contributed by atoms with Crippen molar-refractivity contribution in [2.75, 3.05) is 0 Å². The van der Waals surface area contributed by atoms with Gasteiger partial charge in [0.25, 0.3) is 0 Å². The molecule has 0 bridgehead atoms. The molecule has 0 unspecified atom stereocenters. The summed E-state index contributed by atoms with van der Waals surface area (Å²) < 4.78 is 14.7. The van der Waals surface area contributed by atoms with Crippen LogP contribution in [0.1, 0.15) is 28.4 Å². The number of Topliss-reactive ketones (excluding diaryl/α,β-unsaturated/α-hetero) is 1. The molecule has 2 saturated carbocycles. The van der Waals surface area contributed by atoms with E-state index in [-0.39, 0.29) is 11.7 Å². The molecule has 0 aliphatic heterocycles. The van der Waals surface area contributed by atoms with E-state index in [1.54, 1.807) is 0 Å². The number of carbonyl (C=O) groups is 1. The quantitative estimate of drug-likeness (QED) is 0.462. The number of hydrogen-bond donors (Lipinski definition) is 0. The summed E-state index contributed by atoms with van der Waals surface area (Å²) in [6, 6.07) is 0. The van der Waals surface area contributed by atoms with Gasteiger partial charge < -0.3 is 0 Å². The topological polar surface area (TPSA) is 17.1 Å². The zero-order valence-electron chi connectivity index (χ0n) is 6.68. The van der Waals surface area contributed by atoms with E-state index < -0.39 is 6.37 Å². The van der Waals surface area contributed by atoms with Crippen molar-refractivity contribution >= 4 is 5.78 Å². The van der Waals surface area contributed by atoms with Gasteiger partial charge in [0, 0.05) is 15.1 Å². The van der Waals surface area contributed by atoms with Gasteiger partial charge in [0.05, 0.1) is 0 Å². The van der Waals surface area contributed by atoms with Gasteiger partial charge in [0.1, 0.15) is 5.78 Å². The standard InChI is InChI=1S/C7H10O/c8-7-4-2-5-1-3-6(5)7/h5-6H,1-4H2/t5-,6-/m1/s1/i3D2. The molecule has 0 aromatic heterocycles. The average Bonchev–Trinajstić information content (AvgIpc) is 2.06. The maximum absolute atomic E-state index is 11.0. The molecule has 0 N–H and O–H groups in total. The summed E-state index contributed by atoms with van der Waals surface area (Å²) in [6.07, 6.45) is 1.01. The maximum Gasteiger partial charge on any atom is 0.136 e. The minimum absolute atomic E-state index is 0.154. The Morgan fingerprint density at radius 1 is 1.62 bits per heavy atom. The summed E-state index contributed by atoms with van der Waals surface area (Å²) >= 11 is 0. The zero-order valence-corrected chi connectivity index (χ0v) is 4.68. The van der Waals surface area contributed by atoms with Crippen LogP contribution in [0.3, 0.4) is 0 Å². The normalized spacial score (nSPS) is 53.8. The first-order chi connectivity index (χ1) is 4.61. The van der Waals surface area contributed by atoms with Crippen LogP contribution in [0.2, 0.25) is 0 Å². The number of carbonyl (C=O) groups excluding carboxylic acids is 1. The van der Waals surface area contributed by atoms with Gasteiger partial charge in [0.15, 0.2) is 0 Å². The lowest BCUT2D eigenvalue weighted by atomic mass is 9.76. The van der Waals surface area contributed by atoms with Crippen LogP contribution in [-0.2, 0) is 4.79 Å². The van der Waals surface area contributed by atoms with Crippen LogP contribution in [0.4, 0.5) is 0 Å². The van der Waals surface area contributed by atoms with Crippen molar-refractivity contribution in [3.8, 4) is 0 Å². The van der Waals surface area contributed by atoms with E-state index in [4.69, 9.17) is 2.74 Å². The van der Waals surface area contributed by atoms with Gasteiger partial charge in [0.2, 0.25) is 0 Å². The predicted molar refractivity (Wildman–Crippen MR) is 30.5 cm³/mol. The first-order valence-electron chi connectivity index (χ1n) is 4.14. The highest BCUT2D eigenvalue weighted by atomic mass is 16.1. The molecule has 0 heterocycles. The average molecular weight is 112 g/mol. The monoisotopic (exact) mass is 112 g/mol. The van der Waals surface area contributed by atoms with Crippen LogP contribution in [0.25, 0.3) is 0 Å². The highest BCUT2D eigenvalue weighted by Gasteiger charge is 2.40. The highest BCUT2D eigenvalue weighted by Crippen LogP contribution is 2.44. The maximum atomic E-state index is 11.0. The lowest BCUT2D eigenvalue weighted by Gasteiger charge is -2.27. The Labute approximate surface area is 51.9 Å². The fourth-order valence-corrected chi connectivity index (χ4v) is 1.53. The van der Waals surface area contributed by atoms with E-state index in [2.05, 4.69) is 0 Å². The molecule has 2 rings (SSSR count). The molecule has 0 amide bonds. The first kappa shape index (κ1) is 3.00. The summed E-state index contributed by atoms with van der Waals surface area (Å²) in [4.78, 5) is 11.0. The summed E-state index contributed by atoms with van der Waals surface area (Å²) in [5, 5.41) is 0. The first-order valence-corrected chi connectivity index (χ1v) is 3.14. The largest absolute Gasteiger partial charge is 0.299 e. The molecule has 2 aliphatic carbocycles. The van der Waals surface area contributed by atoms with Gasteiger partial charge >= 0.3 is 0 Å². The second-order valence-corrected chi connectivity index (χ2v) is 2.65. The molecular weight excluding hydrogens is 100 g/mol. The fraction of sp³-hybridized carbons (Fsp3) is 0.857. The Hall–Kier alpha value is -0.330. The molecule has 0 aromatic carbocycles. The molecule has 2 atom stereocenters. The van der Waals surface area contributed by atoms with Crippen molar-refractivity contribution in [1.82, 2.24) is 0 Å². The number of ketones is 1. The van der Waals surface area contributed by atoms with E-state index in [9.17, 15) is 4.79 Å². The molecule has 0 saturated heterocycles. The minimum atomic E-state index is -1.15. The smallest absolute Gasteiger partial charge is 0.136 e. The van der Waals surface area contributed by atoms with Gasteiger partial charge in [-0.2, -0.15) is 0 Å². The van der Waals surface area contributed by atoms with E-state index in [0.717, 1.165) is 6.42 Å². The Bertz CT molecular complexity index is 188. The molecule has 1 nitrogen and oxygen atoms in total. The van der Waals surface area contributed by atoms with Gasteiger partial charge in [-0.25, -0.2) is 0 Å². The van der Waals surface area contributed by atoms with Gasteiger partial charge in [-0.1, -0.05) is 0 Å². The van der Waals surface area contributed by atoms with Crippen molar-refractivity contribution in [3.05, 3.63) is 0 Å². The van der Waals surface area contributed by atoms with E-state index in [0.29, 0.717) is 18.8 Å². The molecule has 0 spiro atoms. The van der Waals surface area contributed by atoms with Crippen LogP contribution in [-0.4, -0.2) is 5.78 Å². The summed E-state index contributed by atoms with van der Waals surface area (Å²) in [7, 11) is 0. The molecule has 8 heavy (non-hydrogen) atoms. The lowest BCUT2D eigenvalue weighted by Crippen LogP contribution is -2.24. The second-order valence-electron chi connectivity index (χ2n) is 2.65. The fourth-order valence-electron chi connectivity index (χ4n) is 1.53. The molecule has 1 heteroatoms. The third kappa shape index (κ3) is 0.396. The predicted octanol–water partition coefficient (Wildman–Crippen LogP) is 1.38. The Kier molecular flexibility index (Phi) is 0.500. The summed E-state index contributed by atoms with van der Waals surface area (Å²) in [6.45, 7) is 0. The van der Waals surface area contributed by atoms with Gasteiger partial charge in [-0.3, -0.25) is 4.79 Å². The third-order valence-corrected chi connectivity index (χ3v) is 2.18. The molecule has 44 valence electrons. The number of rotatable bonds is 0. The number of hydrogen-bond acceptors (Lipinski definition) is 1. The van der Waals surface area contributed by atoms with Crippen molar-refractivity contribution in [2.24, 2.45) is 11.8 Å².